The second kappa shape index (κ2) is 7.22. The highest BCUT2D eigenvalue weighted by Crippen LogP contribution is 2.22. The molecular formula is C15H22ClFN2. The summed E-state index contributed by atoms with van der Waals surface area (Å²) in [5.74, 6) is -0.266. The van der Waals surface area contributed by atoms with Gasteiger partial charge in [-0.25, -0.2) is 4.39 Å². The predicted molar refractivity (Wildman–Crippen MR) is 78.0 cm³/mol. The highest BCUT2D eigenvalue weighted by molar-refractivity contribution is 6.31. The molecule has 19 heavy (non-hydrogen) atoms. The van der Waals surface area contributed by atoms with Gasteiger partial charge in [0.2, 0.25) is 0 Å². The summed E-state index contributed by atoms with van der Waals surface area (Å²) in [6.07, 6.45) is 3.49. The molecule has 0 unspecified atom stereocenters. The summed E-state index contributed by atoms with van der Waals surface area (Å²) in [5.41, 5.74) is 1.02. The van der Waals surface area contributed by atoms with Crippen molar-refractivity contribution in [3.8, 4) is 0 Å². The lowest BCUT2D eigenvalue weighted by molar-refractivity contribution is 0.154. The van der Waals surface area contributed by atoms with Crippen molar-refractivity contribution in [1.82, 2.24) is 10.2 Å². The molecule has 1 heterocycles. The summed E-state index contributed by atoms with van der Waals surface area (Å²) in [5, 5.41) is 3.93. The Balaban J connectivity index is 2.06. The molecule has 1 aliphatic rings. The average Bonchev–Trinajstić information content (AvgIpc) is 2.42. The highest BCUT2D eigenvalue weighted by Gasteiger charge is 2.21. The van der Waals surface area contributed by atoms with E-state index in [9.17, 15) is 4.39 Å². The van der Waals surface area contributed by atoms with Crippen LogP contribution in [0.2, 0.25) is 5.02 Å². The van der Waals surface area contributed by atoms with Crippen LogP contribution in [0.4, 0.5) is 4.39 Å². The van der Waals surface area contributed by atoms with E-state index in [-0.39, 0.29) is 5.82 Å². The van der Waals surface area contributed by atoms with Crippen molar-refractivity contribution in [2.75, 3.05) is 19.6 Å². The van der Waals surface area contributed by atoms with Crippen molar-refractivity contribution >= 4 is 11.6 Å². The van der Waals surface area contributed by atoms with E-state index in [2.05, 4.69) is 17.1 Å². The van der Waals surface area contributed by atoms with Gasteiger partial charge in [-0.3, -0.25) is 4.90 Å². The zero-order valence-corrected chi connectivity index (χ0v) is 12.2. The van der Waals surface area contributed by atoms with Crippen LogP contribution in [-0.4, -0.2) is 30.6 Å². The fourth-order valence-electron chi connectivity index (χ4n) is 2.72. The molecule has 0 bridgehead atoms. The molecule has 1 aliphatic heterocycles. The fraction of sp³-hybridized carbons (Fsp3) is 0.600. The van der Waals surface area contributed by atoms with Gasteiger partial charge in [-0.15, -0.1) is 0 Å². The minimum atomic E-state index is -0.266. The molecule has 1 aromatic rings. The number of rotatable bonds is 5. The van der Waals surface area contributed by atoms with Gasteiger partial charge in [-0.05, 0) is 56.6 Å². The number of nitrogens with one attached hydrogen (secondary N) is 1. The minimum absolute atomic E-state index is 0.266. The van der Waals surface area contributed by atoms with E-state index in [1.54, 1.807) is 6.07 Å². The first-order valence-corrected chi connectivity index (χ1v) is 7.47. The molecule has 0 aromatic heterocycles. The maximum atomic E-state index is 13.1. The van der Waals surface area contributed by atoms with Gasteiger partial charge < -0.3 is 5.32 Å². The molecule has 1 saturated heterocycles. The second-order valence-electron chi connectivity index (χ2n) is 5.19. The third kappa shape index (κ3) is 4.16. The van der Waals surface area contributed by atoms with E-state index in [4.69, 9.17) is 11.6 Å². The molecule has 106 valence electrons. The van der Waals surface area contributed by atoms with Crippen LogP contribution in [0.3, 0.4) is 0 Å². The van der Waals surface area contributed by atoms with Gasteiger partial charge in [-0.1, -0.05) is 24.6 Å². The van der Waals surface area contributed by atoms with Crippen LogP contribution in [0.25, 0.3) is 0 Å². The molecule has 1 fully saturated rings. The van der Waals surface area contributed by atoms with Crippen LogP contribution in [0, 0.1) is 5.82 Å². The molecule has 0 saturated carbocycles. The van der Waals surface area contributed by atoms with Crippen molar-refractivity contribution in [2.24, 2.45) is 0 Å². The van der Waals surface area contributed by atoms with Crippen LogP contribution < -0.4 is 5.32 Å². The molecule has 4 heteroatoms. The number of benzene rings is 1. The van der Waals surface area contributed by atoms with Gasteiger partial charge in [0.25, 0.3) is 0 Å². The Bertz CT molecular complexity index is 405. The van der Waals surface area contributed by atoms with Crippen LogP contribution in [0.1, 0.15) is 31.7 Å². The lowest BCUT2D eigenvalue weighted by Gasteiger charge is -2.34. The monoisotopic (exact) mass is 284 g/mol. The van der Waals surface area contributed by atoms with Gasteiger partial charge in [0.15, 0.2) is 0 Å². The zero-order chi connectivity index (χ0) is 13.7. The Morgan fingerprint density at radius 3 is 2.74 bits per heavy atom. The maximum Gasteiger partial charge on any atom is 0.124 e. The van der Waals surface area contributed by atoms with Gasteiger partial charge >= 0.3 is 0 Å². The van der Waals surface area contributed by atoms with E-state index in [1.165, 1.54) is 25.0 Å². The molecular weight excluding hydrogens is 263 g/mol. The molecule has 0 aliphatic carbocycles. The van der Waals surface area contributed by atoms with Crippen LogP contribution in [0.15, 0.2) is 18.2 Å². The average molecular weight is 285 g/mol. The van der Waals surface area contributed by atoms with Gasteiger partial charge in [0, 0.05) is 17.6 Å². The quantitative estimate of drug-likeness (QED) is 0.891. The lowest BCUT2D eigenvalue weighted by atomic mass is 10.0. The number of halogens is 2. The number of hydrogen-bond donors (Lipinski definition) is 1. The van der Waals surface area contributed by atoms with Gasteiger partial charge in [0.05, 0.1) is 0 Å². The van der Waals surface area contributed by atoms with E-state index >= 15 is 0 Å². The second-order valence-corrected chi connectivity index (χ2v) is 5.59. The third-order valence-electron chi connectivity index (χ3n) is 3.72. The summed E-state index contributed by atoms with van der Waals surface area (Å²) >= 11 is 6.13. The van der Waals surface area contributed by atoms with E-state index < -0.39 is 0 Å². The van der Waals surface area contributed by atoms with E-state index in [1.807, 2.05) is 0 Å². The number of nitrogens with zero attached hydrogens (tertiary/aromatic N) is 1. The molecule has 1 aromatic carbocycles. The number of piperidine rings is 1. The van der Waals surface area contributed by atoms with Crippen molar-refractivity contribution in [2.45, 2.75) is 38.8 Å². The fourth-order valence-corrected chi connectivity index (χ4v) is 2.95. The van der Waals surface area contributed by atoms with Crippen LogP contribution in [0.5, 0.6) is 0 Å². The van der Waals surface area contributed by atoms with Crippen molar-refractivity contribution in [3.63, 3.8) is 0 Å². The normalized spacial score (nSPS) is 17.1. The third-order valence-corrected chi connectivity index (χ3v) is 4.08. The molecule has 2 nitrogen and oxygen atoms in total. The Morgan fingerprint density at radius 2 is 2.11 bits per heavy atom. The molecule has 0 atom stereocenters. The van der Waals surface area contributed by atoms with E-state index in [0.717, 1.165) is 38.2 Å². The largest absolute Gasteiger partial charge is 0.317 e. The summed E-state index contributed by atoms with van der Waals surface area (Å²) in [6.45, 7) is 6.25. The van der Waals surface area contributed by atoms with Crippen LogP contribution in [-0.2, 0) is 6.54 Å². The van der Waals surface area contributed by atoms with Crippen LogP contribution >= 0.6 is 11.6 Å². The van der Waals surface area contributed by atoms with Crippen molar-refractivity contribution in [3.05, 3.63) is 34.6 Å². The molecule has 2 rings (SSSR count). The Kier molecular flexibility index (Phi) is 5.61. The molecule has 1 N–H and O–H groups in total. The van der Waals surface area contributed by atoms with Crippen molar-refractivity contribution < 1.29 is 4.39 Å². The molecule has 0 spiro atoms. The first-order chi connectivity index (χ1) is 9.20. The Labute approximate surface area is 119 Å². The minimum Gasteiger partial charge on any atom is -0.317 e. The first kappa shape index (κ1) is 14.8. The Morgan fingerprint density at radius 1 is 1.37 bits per heavy atom. The SMILES string of the molecule is CCCN(Cc1ccc(F)cc1Cl)C1CCNCC1. The van der Waals surface area contributed by atoms with Gasteiger partial charge in [-0.2, -0.15) is 0 Å². The summed E-state index contributed by atoms with van der Waals surface area (Å²) in [6, 6.07) is 5.32. The predicted octanol–water partition coefficient (Wildman–Crippen LogP) is 3.44. The van der Waals surface area contributed by atoms with E-state index in [0.29, 0.717) is 11.1 Å². The van der Waals surface area contributed by atoms with Gasteiger partial charge in [0.1, 0.15) is 5.82 Å². The first-order valence-electron chi connectivity index (χ1n) is 7.09. The summed E-state index contributed by atoms with van der Waals surface area (Å²) in [7, 11) is 0. The smallest absolute Gasteiger partial charge is 0.124 e. The molecule has 0 radical (unpaired) electrons. The Hall–Kier alpha value is -0.640. The summed E-state index contributed by atoms with van der Waals surface area (Å²) in [4.78, 5) is 2.49. The maximum absolute atomic E-state index is 13.1. The number of hydrogen-bond acceptors (Lipinski definition) is 2. The topological polar surface area (TPSA) is 15.3 Å². The molecule has 0 amide bonds. The van der Waals surface area contributed by atoms with Crippen molar-refractivity contribution in [1.29, 1.82) is 0 Å². The summed E-state index contributed by atoms with van der Waals surface area (Å²) < 4.78 is 13.1. The highest BCUT2D eigenvalue weighted by atomic mass is 35.5. The lowest BCUT2D eigenvalue weighted by Crippen LogP contribution is -2.43. The zero-order valence-electron chi connectivity index (χ0n) is 11.5. The standard InChI is InChI=1S/C15H22ClFN2/c1-2-9-19(14-5-7-18-8-6-14)11-12-3-4-13(17)10-15(12)16/h3-4,10,14,18H,2,5-9,11H2,1H3.